The van der Waals surface area contributed by atoms with Crippen LogP contribution in [0.2, 0.25) is 5.02 Å². The molecule has 0 aliphatic heterocycles. The topological polar surface area (TPSA) is 17.8 Å². The van der Waals surface area contributed by atoms with Crippen molar-refractivity contribution in [2.75, 3.05) is 5.88 Å². The van der Waals surface area contributed by atoms with Crippen molar-refractivity contribution in [3.8, 4) is 0 Å². The van der Waals surface area contributed by atoms with Gasteiger partial charge in [-0.15, -0.1) is 11.6 Å². The minimum atomic E-state index is -0.267. The minimum absolute atomic E-state index is 0.267. The summed E-state index contributed by atoms with van der Waals surface area (Å²) in [6.07, 6.45) is 0.644. The molecule has 0 unspecified atom stereocenters. The Kier molecular flexibility index (Phi) is 4.13. The van der Waals surface area contributed by atoms with Crippen molar-refractivity contribution in [1.29, 1.82) is 0 Å². The molecule has 0 saturated carbocycles. The largest absolute Gasteiger partial charge is 0.323 e. The summed E-state index contributed by atoms with van der Waals surface area (Å²) in [5, 5.41) is 0.696. The van der Waals surface area contributed by atoms with Gasteiger partial charge in [0.2, 0.25) is 0 Å². The van der Waals surface area contributed by atoms with Crippen molar-refractivity contribution < 1.29 is 4.39 Å². The lowest BCUT2D eigenvalue weighted by atomic mass is 10.2. The number of benzene rings is 2. The molecule has 0 aliphatic carbocycles. The predicted octanol–water partition coefficient (Wildman–Crippen LogP) is 4.66. The van der Waals surface area contributed by atoms with Crippen molar-refractivity contribution in [2.45, 2.75) is 13.0 Å². The number of halogens is 3. The Morgan fingerprint density at radius 1 is 1.10 bits per heavy atom. The summed E-state index contributed by atoms with van der Waals surface area (Å²) in [5.41, 5.74) is 2.65. The van der Waals surface area contributed by atoms with Crippen molar-refractivity contribution in [2.24, 2.45) is 0 Å². The smallest absolute Gasteiger partial charge is 0.125 e. The average molecular weight is 323 g/mol. The molecule has 0 N–H and O–H groups in total. The molecule has 0 amide bonds. The Morgan fingerprint density at radius 3 is 2.57 bits per heavy atom. The third kappa shape index (κ3) is 3.04. The van der Waals surface area contributed by atoms with E-state index in [9.17, 15) is 4.39 Å². The van der Waals surface area contributed by atoms with Crippen LogP contribution in [0.1, 0.15) is 11.4 Å². The molecule has 0 spiro atoms. The molecule has 0 fully saturated rings. The number of rotatable bonds is 4. The first-order chi connectivity index (χ1) is 10.2. The summed E-state index contributed by atoms with van der Waals surface area (Å²) in [6.45, 7) is 0.614. The van der Waals surface area contributed by atoms with E-state index in [1.54, 1.807) is 6.07 Å². The Hall–Kier alpha value is -1.58. The number of aryl methyl sites for hydroxylation is 1. The number of alkyl halides is 1. The summed E-state index contributed by atoms with van der Waals surface area (Å²) in [4.78, 5) is 4.54. The molecule has 0 radical (unpaired) electrons. The number of aromatic nitrogens is 2. The molecule has 21 heavy (non-hydrogen) atoms. The quantitative estimate of drug-likeness (QED) is 0.639. The Balaban J connectivity index is 2.07. The monoisotopic (exact) mass is 322 g/mol. The van der Waals surface area contributed by atoms with Gasteiger partial charge in [0.15, 0.2) is 0 Å². The van der Waals surface area contributed by atoms with Gasteiger partial charge < -0.3 is 4.57 Å². The van der Waals surface area contributed by atoms with Crippen LogP contribution in [0.5, 0.6) is 0 Å². The molecule has 1 heterocycles. The van der Waals surface area contributed by atoms with Gasteiger partial charge in [-0.05, 0) is 35.9 Å². The standard InChI is InChI=1S/C16H13Cl2FN2/c17-8-7-16-20-14-6-5-13(19)9-15(14)21(16)10-11-1-3-12(18)4-2-11/h1-6,9H,7-8,10H2. The number of hydrogen-bond donors (Lipinski definition) is 0. The Labute approximate surface area is 132 Å². The molecule has 0 aliphatic rings. The third-order valence-electron chi connectivity index (χ3n) is 3.36. The van der Waals surface area contributed by atoms with Gasteiger partial charge in [-0.1, -0.05) is 23.7 Å². The van der Waals surface area contributed by atoms with E-state index in [-0.39, 0.29) is 5.82 Å². The molecule has 1 aromatic heterocycles. The number of imidazole rings is 1. The van der Waals surface area contributed by atoms with Crippen LogP contribution < -0.4 is 0 Å². The van der Waals surface area contributed by atoms with E-state index in [0.29, 0.717) is 23.9 Å². The van der Waals surface area contributed by atoms with Gasteiger partial charge in [-0.2, -0.15) is 0 Å². The average Bonchev–Trinajstić information content (AvgIpc) is 2.79. The van der Waals surface area contributed by atoms with Gasteiger partial charge in [-0.25, -0.2) is 9.37 Å². The molecular formula is C16H13Cl2FN2. The summed E-state index contributed by atoms with van der Waals surface area (Å²) >= 11 is 11.7. The number of nitrogens with zero attached hydrogens (tertiary/aromatic N) is 2. The van der Waals surface area contributed by atoms with Gasteiger partial charge in [0, 0.05) is 23.9 Å². The van der Waals surface area contributed by atoms with Crippen LogP contribution >= 0.6 is 23.2 Å². The molecule has 5 heteroatoms. The van der Waals surface area contributed by atoms with Crippen LogP contribution in [0.15, 0.2) is 42.5 Å². The fourth-order valence-electron chi connectivity index (χ4n) is 2.37. The van der Waals surface area contributed by atoms with E-state index in [2.05, 4.69) is 4.98 Å². The SMILES string of the molecule is Fc1ccc2nc(CCCl)n(Cc3ccc(Cl)cc3)c2c1. The first kappa shape index (κ1) is 14.4. The maximum Gasteiger partial charge on any atom is 0.125 e. The fourth-order valence-corrected chi connectivity index (χ4v) is 2.66. The normalized spacial score (nSPS) is 11.2. The molecular weight excluding hydrogens is 310 g/mol. The third-order valence-corrected chi connectivity index (χ3v) is 3.80. The molecule has 0 atom stereocenters. The molecule has 0 saturated heterocycles. The molecule has 0 bridgehead atoms. The van der Waals surface area contributed by atoms with Crippen molar-refractivity contribution in [3.05, 3.63) is 64.7 Å². The Bertz CT molecular complexity index is 766. The van der Waals surface area contributed by atoms with Crippen molar-refractivity contribution in [1.82, 2.24) is 9.55 Å². The second-order valence-electron chi connectivity index (χ2n) is 4.81. The van der Waals surface area contributed by atoms with Crippen molar-refractivity contribution >= 4 is 34.2 Å². The summed E-state index contributed by atoms with van der Waals surface area (Å²) in [5.74, 6) is 1.07. The van der Waals surface area contributed by atoms with Crippen LogP contribution in [0.25, 0.3) is 11.0 Å². The number of fused-ring (bicyclic) bond motifs is 1. The van der Waals surface area contributed by atoms with E-state index in [4.69, 9.17) is 23.2 Å². The predicted molar refractivity (Wildman–Crippen MR) is 84.7 cm³/mol. The lowest BCUT2D eigenvalue weighted by Crippen LogP contribution is -2.06. The van der Waals surface area contributed by atoms with Crippen LogP contribution in [-0.2, 0) is 13.0 Å². The summed E-state index contributed by atoms with van der Waals surface area (Å²) in [6, 6.07) is 12.2. The van der Waals surface area contributed by atoms with Gasteiger partial charge >= 0.3 is 0 Å². The highest BCUT2D eigenvalue weighted by Gasteiger charge is 2.11. The molecule has 2 nitrogen and oxygen atoms in total. The van der Waals surface area contributed by atoms with E-state index < -0.39 is 0 Å². The second kappa shape index (κ2) is 6.04. The van der Waals surface area contributed by atoms with E-state index in [1.165, 1.54) is 12.1 Å². The van der Waals surface area contributed by atoms with E-state index in [1.807, 2.05) is 28.8 Å². The zero-order valence-corrected chi connectivity index (χ0v) is 12.7. The van der Waals surface area contributed by atoms with Gasteiger partial charge in [0.25, 0.3) is 0 Å². The first-order valence-corrected chi connectivity index (χ1v) is 7.53. The lowest BCUT2D eigenvalue weighted by molar-refractivity contribution is 0.628. The van der Waals surface area contributed by atoms with Gasteiger partial charge in [0.1, 0.15) is 11.6 Å². The zero-order valence-electron chi connectivity index (χ0n) is 11.2. The fraction of sp³-hybridized carbons (Fsp3) is 0.188. The van der Waals surface area contributed by atoms with Crippen LogP contribution in [-0.4, -0.2) is 15.4 Å². The highest BCUT2D eigenvalue weighted by atomic mass is 35.5. The maximum absolute atomic E-state index is 13.5. The van der Waals surface area contributed by atoms with E-state index in [0.717, 1.165) is 22.4 Å². The lowest BCUT2D eigenvalue weighted by Gasteiger charge is -2.09. The highest BCUT2D eigenvalue weighted by molar-refractivity contribution is 6.30. The van der Waals surface area contributed by atoms with Gasteiger partial charge in [-0.3, -0.25) is 0 Å². The maximum atomic E-state index is 13.5. The van der Waals surface area contributed by atoms with Crippen LogP contribution in [0.4, 0.5) is 4.39 Å². The first-order valence-electron chi connectivity index (χ1n) is 6.62. The van der Waals surface area contributed by atoms with Crippen LogP contribution in [0.3, 0.4) is 0 Å². The molecule has 2 aromatic carbocycles. The number of hydrogen-bond acceptors (Lipinski definition) is 1. The Morgan fingerprint density at radius 2 is 1.86 bits per heavy atom. The van der Waals surface area contributed by atoms with E-state index >= 15 is 0 Å². The van der Waals surface area contributed by atoms with Crippen molar-refractivity contribution in [3.63, 3.8) is 0 Å². The second-order valence-corrected chi connectivity index (χ2v) is 5.63. The molecule has 108 valence electrons. The summed E-state index contributed by atoms with van der Waals surface area (Å²) in [7, 11) is 0. The van der Waals surface area contributed by atoms with Crippen LogP contribution in [0, 0.1) is 5.82 Å². The molecule has 3 rings (SSSR count). The summed E-state index contributed by atoms with van der Waals surface area (Å²) < 4.78 is 15.5. The highest BCUT2D eigenvalue weighted by Crippen LogP contribution is 2.20. The zero-order chi connectivity index (χ0) is 14.8. The molecule has 3 aromatic rings. The minimum Gasteiger partial charge on any atom is -0.323 e. The van der Waals surface area contributed by atoms with Gasteiger partial charge in [0.05, 0.1) is 11.0 Å².